The van der Waals surface area contributed by atoms with Gasteiger partial charge >= 0.3 is 5.97 Å². The minimum atomic E-state index is -1.20. The van der Waals surface area contributed by atoms with Gasteiger partial charge in [-0.3, -0.25) is 4.98 Å². The zero-order chi connectivity index (χ0) is 20.6. The van der Waals surface area contributed by atoms with Crippen LogP contribution in [0.15, 0.2) is 42.5 Å². The van der Waals surface area contributed by atoms with E-state index in [0.717, 1.165) is 27.6 Å². The molecule has 3 rings (SSSR count). The quantitative estimate of drug-likeness (QED) is 0.639. The minimum absolute atomic E-state index is 0.335. The van der Waals surface area contributed by atoms with E-state index < -0.39 is 17.7 Å². The van der Waals surface area contributed by atoms with Crippen molar-refractivity contribution < 1.29 is 19.0 Å². The van der Waals surface area contributed by atoms with Gasteiger partial charge in [-0.1, -0.05) is 24.3 Å². The monoisotopic (exact) mass is 381 g/mol. The summed E-state index contributed by atoms with van der Waals surface area (Å²) in [6.07, 6.45) is -1.20. The van der Waals surface area contributed by atoms with Gasteiger partial charge in [-0.05, 0) is 69.5 Å². The summed E-state index contributed by atoms with van der Waals surface area (Å²) in [5, 5.41) is 10.8. The normalized spacial score (nSPS) is 12.9. The first-order chi connectivity index (χ1) is 13.1. The second-order valence-corrected chi connectivity index (χ2v) is 7.91. The van der Waals surface area contributed by atoms with Crippen molar-refractivity contribution in [1.29, 1.82) is 0 Å². The number of nitrogens with zero attached hydrogens (tertiary/aromatic N) is 1. The molecule has 0 saturated carbocycles. The number of hydrogen-bond donors (Lipinski definition) is 1. The first-order valence-corrected chi connectivity index (χ1v) is 9.15. The second-order valence-electron chi connectivity index (χ2n) is 7.91. The maximum absolute atomic E-state index is 13.7. The van der Waals surface area contributed by atoms with Crippen molar-refractivity contribution in [2.24, 2.45) is 0 Å². The van der Waals surface area contributed by atoms with Crippen molar-refractivity contribution in [2.45, 2.75) is 46.3 Å². The van der Waals surface area contributed by atoms with Crippen molar-refractivity contribution in [2.75, 3.05) is 0 Å². The highest BCUT2D eigenvalue weighted by atomic mass is 19.1. The first-order valence-electron chi connectivity index (χ1n) is 9.15. The molecule has 28 heavy (non-hydrogen) atoms. The molecule has 0 radical (unpaired) electrons. The Morgan fingerprint density at radius 1 is 1.14 bits per heavy atom. The summed E-state index contributed by atoms with van der Waals surface area (Å²) in [5.41, 5.74) is 3.36. The maximum atomic E-state index is 13.7. The molecule has 3 aromatic rings. The molecule has 1 atom stereocenters. The van der Waals surface area contributed by atoms with Crippen molar-refractivity contribution in [3.8, 4) is 11.1 Å². The van der Waals surface area contributed by atoms with E-state index in [1.54, 1.807) is 13.0 Å². The van der Waals surface area contributed by atoms with Crippen LogP contribution in [0.5, 0.6) is 0 Å². The highest BCUT2D eigenvalue weighted by molar-refractivity contribution is 5.99. The third-order valence-electron chi connectivity index (χ3n) is 4.54. The number of halogens is 1. The number of aromatic nitrogens is 1. The van der Waals surface area contributed by atoms with Crippen LogP contribution < -0.4 is 0 Å². The number of para-hydroxylation sites is 1. The number of rotatable bonds is 4. The molecule has 146 valence electrons. The van der Waals surface area contributed by atoms with Gasteiger partial charge in [0.05, 0.1) is 11.1 Å². The highest BCUT2D eigenvalue weighted by Gasteiger charge is 2.32. The average Bonchev–Trinajstić information content (AvgIpc) is 2.58. The Bertz CT molecular complexity index is 1050. The van der Waals surface area contributed by atoms with E-state index in [0.29, 0.717) is 11.3 Å². The van der Waals surface area contributed by atoms with Gasteiger partial charge in [-0.25, -0.2) is 9.18 Å². The molecule has 0 amide bonds. The summed E-state index contributed by atoms with van der Waals surface area (Å²) in [4.78, 5) is 16.8. The lowest BCUT2D eigenvalue weighted by molar-refractivity contribution is -0.160. The topological polar surface area (TPSA) is 59.4 Å². The SMILES string of the molecule is Cc1cc(F)ccc1-c1c([C@H](OC(C)(C)C)C(=O)O)c(C)nc2ccccc12. The number of carboxylic acids is 1. The van der Waals surface area contributed by atoms with Crippen molar-refractivity contribution in [1.82, 2.24) is 4.98 Å². The van der Waals surface area contributed by atoms with E-state index in [2.05, 4.69) is 4.98 Å². The number of carbonyl (C=O) groups is 1. The van der Waals surface area contributed by atoms with Crippen molar-refractivity contribution >= 4 is 16.9 Å². The highest BCUT2D eigenvalue weighted by Crippen LogP contribution is 2.40. The smallest absolute Gasteiger partial charge is 0.337 e. The lowest BCUT2D eigenvalue weighted by Gasteiger charge is -2.28. The van der Waals surface area contributed by atoms with E-state index in [1.165, 1.54) is 12.1 Å². The standard InChI is InChI=1S/C23H24FNO3/c1-13-12-15(24)10-11-16(13)20-17-8-6-7-9-18(17)25-14(2)19(20)21(22(26)27)28-23(3,4)5/h6-12,21H,1-5H3,(H,26,27)/t21-/m0/s1. The van der Waals surface area contributed by atoms with Crippen LogP contribution in [0, 0.1) is 19.7 Å². The Kier molecular flexibility index (Phi) is 5.22. The van der Waals surface area contributed by atoms with Crippen LogP contribution in [-0.4, -0.2) is 21.7 Å². The number of hydrogen-bond acceptors (Lipinski definition) is 3. The van der Waals surface area contributed by atoms with Crippen LogP contribution in [0.1, 0.15) is 43.7 Å². The molecule has 0 aliphatic heterocycles. The number of fused-ring (bicyclic) bond motifs is 1. The molecule has 0 fully saturated rings. The lowest BCUT2D eigenvalue weighted by Crippen LogP contribution is -2.28. The molecule has 1 heterocycles. The number of aryl methyl sites for hydroxylation is 2. The fourth-order valence-electron chi connectivity index (χ4n) is 3.45. The number of carboxylic acid groups (broad SMARTS) is 1. The van der Waals surface area contributed by atoms with E-state index in [9.17, 15) is 14.3 Å². The molecule has 4 nitrogen and oxygen atoms in total. The molecule has 2 aromatic carbocycles. The fraction of sp³-hybridized carbons (Fsp3) is 0.304. The largest absolute Gasteiger partial charge is 0.479 e. The van der Waals surface area contributed by atoms with Crippen molar-refractivity contribution in [3.63, 3.8) is 0 Å². The van der Waals surface area contributed by atoms with Crippen LogP contribution in [0.2, 0.25) is 0 Å². The number of benzene rings is 2. The Hall–Kier alpha value is -2.79. The Labute approximate surface area is 164 Å². The van der Waals surface area contributed by atoms with Crippen LogP contribution in [0.25, 0.3) is 22.0 Å². The number of aliphatic carboxylic acids is 1. The minimum Gasteiger partial charge on any atom is -0.479 e. The maximum Gasteiger partial charge on any atom is 0.337 e. The molecular formula is C23H24FNO3. The zero-order valence-electron chi connectivity index (χ0n) is 16.7. The first kappa shape index (κ1) is 20.0. The summed E-state index contributed by atoms with van der Waals surface area (Å²) in [6, 6.07) is 12.1. The summed E-state index contributed by atoms with van der Waals surface area (Å²) in [7, 11) is 0. The predicted molar refractivity (Wildman–Crippen MR) is 108 cm³/mol. The van der Waals surface area contributed by atoms with E-state index in [4.69, 9.17) is 4.74 Å². The molecular weight excluding hydrogens is 357 g/mol. The number of pyridine rings is 1. The Morgan fingerprint density at radius 3 is 2.43 bits per heavy atom. The zero-order valence-corrected chi connectivity index (χ0v) is 16.7. The van der Waals surface area contributed by atoms with Gasteiger partial charge in [0, 0.05) is 16.6 Å². The van der Waals surface area contributed by atoms with Gasteiger partial charge in [0.25, 0.3) is 0 Å². The van der Waals surface area contributed by atoms with Gasteiger partial charge in [0.1, 0.15) is 5.82 Å². The molecule has 0 saturated heterocycles. The lowest BCUT2D eigenvalue weighted by atomic mass is 9.89. The van der Waals surface area contributed by atoms with Crippen LogP contribution in [0.4, 0.5) is 4.39 Å². The van der Waals surface area contributed by atoms with Crippen LogP contribution in [0.3, 0.4) is 0 Å². The third kappa shape index (κ3) is 3.90. The second kappa shape index (κ2) is 7.32. The number of ether oxygens (including phenoxy) is 1. The average molecular weight is 381 g/mol. The molecule has 0 bridgehead atoms. The van der Waals surface area contributed by atoms with Gasteiger partial charge in [-0.2, -0.15) is 0 Å². The van der Waals surface area contributed by atoms with Gasteiger partial charge in [-0.15, -0.1) is 0 Å². The summed E-state index contributed by atoms with van der Waals surface area (Å²) in [6.45, 7) is 9.04. The van der Waals surface area contributed by atoms with Crippen LogP contribution in [-0.2, 0) is 9.53 Å². The van der Waals surface area contributed by atoms with Crippen LogP contribution >= 0.6 is 0 Å². The third-order valence-corrected chi connectivity index (χ3v) is 4.54. The predicted octanol–water partition coefficient (Wildman–Crippen LogP) is 5.60. The van der Waals surface area contributed by atoms with Crippen molar-refractivity contribution in [3.05, 3.63) is 65.1 Å². The summed E-state index contributed by atoms with van der Waals surface area (Å²) >= 11 is 0. The molecule has 0 unspecified atom stereocenters. The Morgan fingerprint density at radius 2 is 1.82 bits per heavy atom. The molecule has 0 aliphatic carbocycles. The van der Waals surface area contributed by atoms with E-state index in [1.807, 2.05) is 52.0 Å². The molecule has 1 aromatic heterocycles. The van der Waals surface area contributed by atoms with Gasteiger partial charge in [0.15, 0.2) is 6.10 Å². The Balaban J connectivity index is 2.42. The fourth-order valence-corrected chi connectivity index (χ4v) is 3.45. The molecule has 0 aliphatic rings. The van der Waals surface area contributed by atoms with Gasteiger partial charge < -0.3 is 9.84 Å². The molecule has 5 heteroatoms. The molecule has 1 N–H and O–H groups in total. The summed E-state index contributed by atoms with van der Waals surface area (Å²) < 4.78 is 19.7. The van der Waals surface area contributed by atoms with E-state index >= 15 is 0 Å². The summed E-state index contributed by atoms with van der Waals surface area (Å²) in [5.74, 6) is -1.42. The van der Waals surface area contributed by atoms with Gasteiger partial charge in [0.2, 0.25) is 0 Å². The molecule has 0 spiro atoms. The van der Waals surface area contributed by atoms with E-state index in [-0.39, 0.29) is 5.82 Å².